The third kappa shape index (κ3) is 2.14. The third-order valence-corrected chi connectivity index (χ3v) is 3.70. The van der Waals surface area contributed by atoms with Crippen molar-refractivity contribution in [1.29, 1.82) is 0 Å². The minimum Gasteiger partial charge on any atom is -0.255 e. The molecular weight excluding hydrogens is 296 g/mol. The van der Waals surface area contributed by atoms with Crippen LogP contribution >= 0.6 is 11.6 Å². The van der Waals surface area contributed by atoms with Crippen LogP contribution in [0.3, 0.4) is 0 Å². The maximum atomic E-state index is 6.08. The number of nitrogens with zero attached hydrogens (tertiary/aromatic N) is 4. The van der Waals surface area contributed by atoms with Gasteiger partial charge in [0.15, 0.2) is 5.65 Å². The second kappa shape index (κ2) is 5.24. The number of pyridine rings is 1. The van der Waals surface area contributed by atoms with E-state index in [-0.39, 0.29) is 0 Å². The monoisotopic (exact) mass is 306 g/mol. The van der Waals surface area contributed by atoms with Crippen LogP contribution in [-0.4, -0.2) is 19.6 Å². The van der Waals surface area contributed by atoms with Gasteiger partial charge in [-0.3, -0.25) is 4.98 Å². The summed E-state index contributed by atoms with van der Waals surface area (Å²) in [5.74, 6) is 0. The van der Waals surface area contributed by atoms with Gasteiger partial charge in [-0.25, -0.2) is 9.50 Å². The maximum Gasteiger partial charge on any atom is 0.163 e. The second-order valence-corrected chi connectivity index (χ2v) is 5.29. The average molecular weight is 307 g/mol. The van der Waals surface area contributed by atoms with Crippen molar-refractivity contribution in [3.63, 3.8) is 0 Å². The second-order valence-electron chi connectivity index (χ2n) is 4.85. The average Bonchev–Trinajstić information content (AvgIpc) is 3.00. The number of benzene rings is 1. The lowest BCUT2D eigenvalue weighted by atomic mass is 10.1. The summed E-state index contributed by atoms with van der Waals surface area (Å²) in [6.07, 6.45) is 5.35. The Morgan fingerprint density at radius 2 is 1.86 bits per heavy atom. The molecule has 4 nitrogen and oxygen atoms in total. The van der Waals surface area contributed by atoms with E-state index >= 15 is 0 Å². The van der Waals surface area contributed by atoms with Gasteiger partial charge in [-0.15, -0.1) is 0 Å². The highest BCUT2D eigenvalue weighted by Crippen LogP contribution is 2.27. The summed E-state index contributed by atoms with van der Waals surface area (Å²) in [5, 5.41) is 5.16. The molecule has 0 saturated heterocycles. The normalized spacial score (nSPS) is 11.0. The Bertz CT molecular complexity index is 947. The van der Waals surface area contributed by atoms with E-state index in [1.807, 2.05) is 48.5 Å². The molecule has 0 aliphatic carbocycles. The lowest BCUT2D eigenvalue weighted by Gasteiger charge is -2.04. The molecule has 4 aromatic rings. The minimum absolute atomic E-state index is 0.692. The Hall–Kier alpha value is -2.72. The summed E-state index contributed by atoms with van der Waals surface area (Å²) in [6, 6.07) is 15.4. The van der Waals surface area contributed by atoms with Crippen LogP contribution in [-0.2, 0) is 0 Å². The van der Waals surface area contributed by atoms with Gasteiger partial charge in [-0.2, -0.15) is 5.10 Å². The van der Waals surface area contributed by atoms with E-state index in [4.69, 9.17) is 11.6 Å². The van der Waals surface area contributed by atoms with Crippen LogP contribution in [0.2, 0.25) is 5.02 Å². The Morgan fingerprint density at radius 3 is 2.68 bits per heavy atom. The van der Waals surface area contributed by atoms with Gasteiger partial charge in [0.25, 0.3) is 0 Å². The number of hydrogen-bond acceptors (Lipinski definition) is 3. The van der Waals surface area contributed by atoms with E-state index in [0.29, 0.717) is 5.02 Å². The molecule has 0 aliphatic heterocycles. The fraction of sp³-hybridized carbons (Fsp3) is 0. The highest BCUT2D eigenvalue weighted by atomic mass is 35.5. The van der Waals surface area contributed by atoms with Gasteiger partial charge in [-0.05, 0) is 35.9 Å². The van der Waals surface area contributed by atoms with Gasteiger partial charge in [-0.1, -0.05) is 29.8 Å². The molecule has 0 radical (unpaired) electrons. The molecule has 3 heterocycles. The summed E-state index contributed by atoms with van der Waals surface area (Å²) in [7, 11) is 0. The maximum absolute atomic E-state index is 6.08. The highest BCUT2D eigenvalue weighted by Gasteiger charge is 2.12. The Labute approximate surface area is 132 Å². The van der Waals surface area contributed by atoms with Crippen LogP contribution in [0.25, 0.3) is 28.2 Å². The molecule has 22 heavy (non-hydrogen) atoms. The smallest absolute Gasteiger partial charge is 0.163 e. The SMILES string of the molecule is Clc1cccc(-c2cnn3c(-c4ccccn4)ccnc23)c1. The van der Waals surface area contributed by atoms with Crippen LogP contribution in [0.1, 0.15) is 0 Å². The molecule has 0 bridgehead atoms. The van der Waals surface area contributed by atoms with Gasteiger partial charge in [0.05, 0.1) is 17.6 Å². The molecule has 0 atom stereocenters. The molecule has 0 spiro atoms. The van der Waals surface area contributed by atoms with Crippen molar-refractivity contribution in [1.82, 2.24) is 19.6 Å². The van der Waals surface area contributed by atoms with Gasteiger partial charge in [0, 0.05) is 23.0 Å². The molecule has 3 aromatic heterocycles. The van der Waals surface area contributed by atoms with E-state index in [0.717, 1.165) is 28.2 Å². The van der Waals surface area contributed by atoms with Crippen molar-refractivity contribution in [2.75, 3.05) is 0 Å². The van der Waals surface area contributed by atoms with E-state index in [1.165, 1.54) is 0 Å². The molecule has 106 valence electrons. The first-order chi connectivity index (χ1) is 10.8. The van der Waals surface area contributed by atoms with Crippen LogP contribution < -0.4 is 0 Å². The van der Waals surface area contributed by atoms with Crippen molar-refractivity contribution in [3.8, 4) is 22.5 Å². The van der Waals surface area contributed by atoms with Crippen molar-refractivity contribution in [2.24, 2.45) is 0 Å². The zero-order chi connectivity index (χ0) is 14.9. The number of fused-ring (bicyclic) bond motifs is 1. The van der Waals surface area contributed by atoms with E-state index < -0.39 is 0 Å². The third-order valence-electron chi connectivity index (χ3n) is 3.46. The standard InChI is InChI=1S/C17H11ClN4/c18-13-5-3-4-12(10-13)14-11-21-22-16(7-9-20-17(14)22)15-6-1-2-8-19-15/h1-11H. The summed E-state index contributed by atoms with van der Waals surface area (Å²) in [5.41, 5.74) is 4.48. The molecule has 0 aliphatic rings. The number of aromatic nitrogens is 4. The summed E-state index contributed by atoms with van der Waals surface area (Å²) < 4.78 is 1.80. The summed E-state index contributed by atoms with van der Waals surface area (Å²) >= 11 is 6.08. The van der Waals surface area contributed by atoms with Crippen molar-refractivity contribution < 1.29 is 0 Å². The molecule has 1 aromatic carbocycles. The summed E-state index contributed by atoms with van der Waals surface area (Å²) in [6.45, 7) is 0. The minimum atomic E-state index is 0.692. The van der Waals surface area contributed by atoms with Gasteiger partial charge < -0.3 is 0 Å². The van der Waals surface area contributed by atoms with Crippen LogP contribution in [0.15, 0.2) is 67.1 Å². The van der Waals surface area contributed by atoms with Crippen molar-refractivity contribution in [2.45, 2.75) is 0 Å². The predicted molar refractivity (Wildman–Crippen MR) is 86.7 cm³/mol. The fourth-order valence-electron chi connectivity index (χ4n) is 2.46. The Morgan fingerprint density at radius 1 is 0.909 bits per heavy atom. The zero-order valence-electron chi connectivity index (χ0n) is 11.5. The van der Waals surface area contributed by atoms with E-state index in [1.54, 1.807) is 23.1 Å². The number of rotatable bonds is 2. The molecule has 0 N–H and O–H groups in total. The highest BCUT2D eigenvalue weighted by molar-refractivity contribution is 6.30. The van der Waals surface area contributed by atoms with E-state index in [9.17, 15) is 0 Å². The molecule has 0 saturated carbocycles. The lowest BCUT2D eigenvalue weighted by molar-refractivity contribution is 0.942. The molecule has 0 unspecified atom stereocenters. The van der Waals surface area contributed by atoms with Gasteiger partial charge in [0.2, 0.25) is 0 Å². The topological polar surface area (TPSA) is 43.1 Å². The van der Waals surface area contributed by atoms with Crippen molar-refractivity contribution >= 4 is 17.2 Å². The van der Waals surface area contributed by atoms with Crippen molar-refractivity contribution in [3.05, 3.63) is 72.1 Å². The zero-order valence-corrected chi connectivity index (χ0v) is 12.3. The van der Waals surface area contributed by atoms with Gasteiger partial charge >= 0.3 is 0 Å². The number of halogens is 1. The Balaban J connectivity index is 1.94. The van der Waals surface area contributed by atoms with Crippen LogP contribution in [0.4, 0.5) is 0 Å². The van der Waals surface area contributed by atoms with Gasteiger partial charge in [0.1, 0.15) is 0 Å². The molecular formula is C17H11ClN4. The van der Waals surface area contributed by atoms with Crippen LogP contribution in [0.5, 0.6) is 0 Å². The molecule has 0 fully saturated rings. The Kier molecular flexibility index (Phi) is 3.09. The van der Waals surface area contributed by atoms with Crippen LogP contribution in [0, 0.1) is 0 Å². The quantitative estimate of drug-likeness (QED) is 0.559. The molecule has 0 amide bonds. The predicted octanol–water partition coefficient (Wildman–Crippen LogP) is 4.11. The first-order valence-corrected chi connectivity index (χ1v) is 7.21. The van der Waals surface area contributed by atoms with E-state index in [2.05, 4.69) is 15.1 Å². The molecule has 5 heteroatoms. The summed E-state index contributed by atoms with van der Waals surface area (Å²) in [4.78, 5) is 8.85. The largest absolute Gasteiger partial charge is 0.255 e. The first kappa shape index (κ1) is 13.0. The fourth-order valence-corrected chi connectivity index (χ4v) is 2.65. The lowest BCUT2D eigenvalue weighted by Crippen LogP contribution is -1.96. The first-order valence-electron chi connectivity index (χ1n) is 6.83. The molecule has 4 rings (SSSR count). The number of hydrogen-bond donors (Lipinski definition) is 0.